The minimum Gasteiger partial charge on any atom is -0.353 e. The molecule has 196 valence electrons. The molecule has 0 aliphatic rings. The van der Waals surface area contributed by atoms with Crippen molar-refractivity contribution in [1.82, 2.24) is 0 Å². The molecule has 0 aliphatic heterocycles. The number of sulfonamides is 1. The van der Waals surface area contributed by atoms with Crippen molar-refractivity contribution < 1.29 is 22.0 Å². The van der Waals surface area contributed by atoms with Gasteiger partial charge in [0.05, 0.1) is 15.6 Å². The van der Waals surface area contributed by atoms with Gasteiger partial charge in [0.15, 0.2) is 5.78 Å². The van der Waals surface area contributed by atoms with Crippen LogP contribution < -0.4 is 10.0 Å². The zero-order chi connectivity index (χ0) is 27.7. The first-order chi connectivity index (χ1) is 18.6. The maximum Gasteiger partial charge on any atom is 0.261 e. The van der Waals surface area contributed by atoms with Crippen LogP contribution in [0.3, 0.4) is 0 Å². The lowest BCUT2D eigenvalue weighted by Crippen LogP contribution is -2.14. The van der Waals surface area contributed by atoms with Crippen LogP contribution in [0.4, 0.5) is 25.8 Å². The summed E-state index contributed by atoms with van der Waals surface area (Å²) >= 11 is 6.41. The van der Waals surface area contributed by atoms with E-state index in [0.29, 0.717) is 11.3 Å². The van der Waals surface area contributed by atoms with Gasteiger partial charge in [0, 0.05) is 28.6 Å². The smallest absolute Gasteiger partial charge is 0.261 e. The van der Waals surface area contributed by atoms with Crippen molar-refractivity contribution in [3.8, 4) is 0 Å². The molecule has 2 N–H and O–H groups in total. The Bertz CT molecular complexity index is 1860. The summed E-state index contributed by atoms with van der Waals surface area (Å²) in [5, 5.41) is 4.61. The third kappa shape index (κ3) is 5.62. The number of halogens is 3. The number of benzene rings is 5. The molecule has 0 radical (unpaired) electrons. The van der Waals surface area contributed by atoms with Crippen molar-refractivity contribution in [2.45, 2.75) is 11.8 Å². The van der Waals surface area contributed by atoms with Gasteiger partial charge in [-0.25, -0.2) is 17.2 Å². The fourth-order valence-corrected chi connectivity index (χ4v) is 5.50. The quantitative estimate of drug-likeness (QED) is 0.198. The molecule has 0 spiro atoms. The summed E-state index contributed by atoms with van der Waals surface area (Å²) in [6, 6.07) is 24.6. The fraction of sp³-hybridized carbons (Fsp3) is 0.0333. The molecule has 0 saturated carbocycles. The van der Waals surface area contributed by atoms with Gasteiger partial charge in [0.1, 0.15) is 11.6 Å². The number of fused-ring (bicyclic) bond motifs is 1. The third-order valence-electron chi connectivity index (χ3n) is 6.19. The van der Waals surface area contributed by atoms with E-state index < -0.39 is 27.4 Å². The maximum atomic E-state index is 14.0. The molecule has 0 aliphatic carbocycles. The second-order valence-electron chi connectivity index (χ2n) is 8.92. The highest BCUT2D eigenvalue weighted by Gasteiger charge is 2.19. The van der Waals surface area contributed by atoms with Crippen LogP contribution in [0.5, 0.6) is 0 Å². The van der Waals surface area contributed by atoms with Gasteiger partial charge in [-0.3, -0.25) is 9.52 Å². The van der Waals surface area contributed by atoms with Gasteiger partial charge in [-0.05, 0) is 77.9 Å². The highest BCUT2D eigenvalue weighted by Crippen LogP contribution is 2.29. The molecule has 0 atom stereocenters. The van der Waals surface area contributed by atoms with E-state index in [9.17, 15) is 22.0 Å². The van der Waals surface area contributed by atoms with Gasteiger partial charge < -0.3 is 5.32 Å². The first-order valence-electron chi connectivity index (χ1n) is 11.8. The van der Waals surface area contributed by atoms with E-state index in [1.54, 1.807) is 37.3 Å². The molecule has 5 aromatic rings. The van der Waals surface area contributed by atoms with Crippen LogP contribution >= 0.6 is 11.6 Å². The number of aryl methyl sites for hydroxylation is 1. The highest BCUT2D eigenvalue weighted by molar-refractivity contribution is 7.92. The SMILES string of the molecule is Cc1ccc(NS(=O)(=O)c2ccc3ccccc3c2)cc1C(=O)c1ccc(Nc2ccc(F)cc2F)cc1Cl. The second kappa shape index (κ2) is 10.5. The summed E-state index contributed by atoms with van der Waals surface area (Å²) in [5.74, 6) is -1.89. The maximum absolute atomic E-state index is 14.0. The van der Waals surface area contributed by atoms with Gasteiger partial charge in [-0.2, -0.15) is 0 Å². The highest BCUT2D eigenvalue weighted by atomic mass is 35.5. The Morgan fingerprint density at radius 2 is 1.51 bits per heavy atom. The monoisotopic (exact) mass is 562 g/mol. The van der Waals surface area contributed by atoms with Crippen LogP contribution in [0.25, 0.3) is 10.8 Å². The number of carbonyl (C=O) groups is 1. The summed E-state index contributed by atoms with van der Waals surface area (Å²) in [5.41, 5.74) is 1.74. The fourth-order valence-electron chi connectivity index (χ4n) is 4.15. The standard InChI is InChI=1S/C30H21ClF2N2O3S/c1-18-6-9-23(35-39(37,38)24-11-7-19-4-2-3-5-20(19)14-24)16-26(18)30(36)25-12-10-22(17-27(25)31)34-29-13-8-21(32)15-28(29)33/h2-17,34-35H,1H3. The van der Waals surface area contributed by atoms with Gasteiger partial charge >= 0.3 is 0 Å². The molecule has 5 rings (SSSR count). The molecule has 5 aromatic carbocycles. The molecule has 9 heteroatoms. The first kappa shape index (κ1) is 26.3. The number of rotatable bonds is 7. The number of hydrogen-bond donors (Lipinski definition) is 2. The summed E-state index contributed by atoms with van der Waals surface area (Å²) in [6.45, 7) is 1.73. The Hall–Kier alpha value is -4.27. The predicted octanol–water partition coefficient (Wildman–Crippen LogP) is 7.86. The minimum atomic E-state index is -3.92. The van der Waals surface area contributed by atoms with E-state index in [0.717, 1.165) is 22.9 Å². The molecule has 5 nitrogen and oxygen atoms in total. The summed E-state index contributed by atoms with van der Waals surface area (Å²) < 4.78 is 55.9. The normalized spacial score (nSPS) is 11.4. The van der Waals surface area contributed by atoms with Crippen LogP contribution in [0, 0.1) is 18.6 Å². The van der Waals surface area contributed by atoms with Crippen molar-refractivity contribution in [2.75, 3.05) is 10.0 Å². The molecule has 0 aromatic heterocycles. The second-order valence-corrected chi connectivity index (χ2v) is 11.0. The summed E-state index contributed by atoms with van der Waals surface area (Å²) in [6.07, 6.45) is 0. The lowest BCUT2D eigenvalue weighted by Gasteiger charge is -2.13. The Labute approximate surface area is 229 Å². The molecule has 39 heavy (non-hydrogen) atoms. The van der Waals surface area contributed by atoms with E-state index in [1.165, 1.54) is 30.3 Å². The molecule has 0 unspecified atom stereocenters. The molecule has 0 amide bonds. The Balaban J connectivity index is 1.40. The molecular weight excluding hydrogens is 542 g/mol. The van der Waals surface area contributed by atoms with Crippen molar-refractivity contribution >= 4 is 55.2 Å². The van der Waals surface area contributed by atoms with Crippen LogP contribution in [0.15, 0.2) is 102 Å². The average molecular weight is 563 g/mol. The minimum absolute atomic E-state index is 0.0498. The topological polar surface area (TPSA) is 75.3 Å². The van der Waals surface area contributed by atoms with E-state index in [-0.39, 0.29) is 32.4 Å². The van der Waals surface area contributed by atoms with E-state index in [4.69, 9.17) is 11.6 Å². The van der Waals surface area contributed by atoms with Crippen molar-refractivity contribution in [1.29, 1.82) is 0 Å². The Morgan fingerprint density at radius 1 is 0.769 bits per heavy atom. The number of anilines is 3. The zero-order valence-electron chi connectivity index (χ0n) is 20.5. The number of carbonyl (C=O) groups excluding carboxylic acids is 1. The van der Waals surface area contributed by atoms with Gasteiger partial charge in [-0.1, -0.05) is 48.0 Å². The van der Waals surface area contributed by atoms with Crippen LogP contribution in [0.2, 0.25) is 5.02 Å². The molecule has 0 saturated heterocycles. The molecule has 0 heterocycles. The first-order valence-corrected chi connectivity index (χ1v) is 13.7. The summed E-state index contributed by atoms with van der Waals surface area (Å²) in [4.78, 5) is 13.5. The Morgan fingerprint density at radius 3 is 2.26 bits per heavy atom. The van der Waals surface area contributed by atoms with Crippen molar-refractivity contribution in [3.63, 3.8) is 0 Å². The van der Waals surface area contributed by atoms with Gasteiger partial charge in [-0.15, -0.1) is 0 Å². The predicted molar refractivity (Wildman–Crippen MR) is 150 cm³/mol. The van der Waals surface area contributed by atoms with Gasteiger partial charge in [0.25, 0.3) is 10.0 Å². The lowest BCUT2D eigenvalue weighted by atomic mass is 9.98. The van der Waals surface area contributed by atoms with Crippen molar-refractivity contribution in [3.05, 3.63) is 130 Å². The van der Waals surface area contributed by atoms with Crippen LogP contribution in [-0.2, 0) is 10.0 Å². The van der Waals surface area contributed by atoms with E-state index in [2.05, 4.69) is 10.0 Å². The van der Waals surface area contributed by atoms with Crippen LogP contribution in [-0.4, -0.2) is 14.2 Å². The van der Waals surface area contributed by atoms with Crippen molar-refractivity contribution in [2.24, 2.45) is 0 Å². The summed E-state index contributed by atoms with van der Waals surface area (Å²) in [7, 11) is -3.92. The van der Waals surface area contributed by atoms with E-state index >= 15 is 0 Å². The molecular formula is C30H21ClF2N2O3S. The molecule has 0 bridgehead atoms. The largest absolute Gasteiger partial charge is 0.353 e. The molecule has 0 fully saturated rings. The third-order valence-corrected chi connectivity index (χ3v) is 7.88. The number of ketones is 1. The average Bonchev–Trinajstić information content (AvgIpc) is 2.90. The van der Waals surface area contributed by atoms with Gasteiger partial charge in [0.2, 0.25) is 0 Å². The Kier molecular flexibility index (Phi) is 7.08. The zero-order valence-corrected chi connectivity index (χ0v) is 22.1. The van der Waals surface area contributed by atoms with Crippen LogP contribution in [0.1, 0.15) is 21.5 Å². The van der Waals surface area contributed by atoms with E-state index in [1.807, 2.05) is 24.3 Å². The number of hydrogen-bond acceptors (Lipinski definition) is 4. The number of nitrogens with one attached hydrogen (secondary N) is 2. The lowest BCUT2D eigenvalue weighted by molar-refractivity contribution is 0.103.